The third-order valence-corrected chi connectivity index (χ3v) is 7.34. The zero-order valence-electron chi connectivity index (χ0n) is 18.3. The first-order chi connectivity index (χ1) is 15.3. The Bertz CT molecular complexity index is 1090. The molecule has 1 aromatic heterocycles. The number of sulfone groups is 1. The number of hydrogen-bond acceptors (Lipinski definition) is 7. The van der Waals surface area contributed by atoms with Gasteiger partial charge in [-0.2, -0.15) is 0 Å². The number of piperidine rings is 1. The van der Waals surface area contributed by atoms with Crippen LogP contribution in [0.4, 0.5) is 16.0 Å². The summed E-state index contributed by atoms with van der Waals surface area (Å²) in [6, 6.07) is 3.33. The largest absolute Gasteiger partial charge is 0.371 e. The normalized spacial score (nSPS) is 20.1. The number of carbonyl (C=O) groups excluding carboxylic acids is 1. The van der Waals surface area contributed by atoms with Gasteiger partial charge in [0.15, 0.2) is 9.84 Å². The number of aryl methyl sites for hydroxylation is 1. The first-order valence-corrected chi connectivity index (χ1v) is 12.8. The lowest BCUT2D eigenvalue weighted by molar-refractivity contribution is -0.130. The number of nitrogens with one attached hydrogen (secondary N) is 1. The van der Waals surface area contributed by atoms with E-state index >= 15 is 0 Å². The summed E-state index contributed by atoms with van der Waals surface area (Å²) in [5.74, 6) is 0.00104. The molecule has 0 saturated carbocycles. The molecule has 1 N–H and O–H groups in total. The van der Waals surface area contributed by atoms with E-state index in [0.717, 1.165) is 56.2 Å². The minimum atomic E-state index is -3.49. The second-order valence-electron chi connectivity index (χ2n) is 8.39. The summed E-state index contributed by atoms with van der Waals surface area (Å²) in [6.45, 7) is 4.24. The summed E-state index contributed by atoms with van der Waals surface area (Å²) in [5, 5.41) is 2.96. The topological polar surface area (TPSA) is 95.5 Å². The van der Waals surface area contributed by atoms with E-state index in [1.54, 1.807) is 0 Å². The van der Waals surface area contributed by atoms with Crippen LogP contribution >= 0.6 is 0 Å². The van der Waals surface area contributed by atoms with Gasteiger partial charge in [0.25, 0.3) is 0 Å². The van der Waals surface area contributed by atoms with Gasteiger partial charge in [0.2, 0.25) is 11.9 Å². The van der Waals surface area contributed by atoms with Crippen molar-refractivity contribution in [2.24, 2.45) is 0 Å². The molecule has 1 atom stereocenters. The second-order valence-corrected chi connectivity index (χ2v) is 10.4. The van der Waals surface area contributed by atoms with Gasteiger partial charge in [0, 0.05) is 44.3 Å². The molecule has 0 radical (unpaired) electrons. The van der Waals surface area contributed by atoms with Crippen molar-refractivity contribution < 1.29 is 17.6 Å². The molecule has 2 fully saturated rings. The molecule has 2 aromatic rings. The molecule has 32 heavy (non-hydrogen) atoms. The Morgan fingerprint density at radius 2 is 1.81 bits per heavy atom. The van der Waals surface area contributed by atoms with Crippen LogP contribution in [0.2, 0.25) is 0 Å². The molecule has 2 aliphatic heterocycles. The third kappa shape index (κ3) is 4.69. The van der Waals surface area contributed by atoms with E-state index in [9.17, 15) is 17.6 Å². The van der Waals surface area contributed by atoms with E-state index in [-0.39, 0.29) is 22.5 Å². The fourth-order valence-electron chi connectivity index (χ4n) is 4.30. The summed E-state index contributed by atoms with van der Waals surface area (Å²) in [4.78, 5) is 25.8. The molecule has 0 spiro atoms. The summed E-state index contributed by atoms with van der Waals surface area (Å²) >= 11 is 0. The third-order valence-electron chi connectivity index (χ3n) is 6.23. The molecular formula is C22H28FN5O3S. The highest BCUT2D eigenvalue weighted by atomic mass is 32.2. The number of halogens is 1. The number of anilines is 2. The number of likely N-dealkylation sites (tertiary alicyclic amines) is 1. The maximum absolute atomic E-state index is 14.4. The second kappa shape index (κ2) is 9.01. The van der Waals surface area contributed by atoms with Crippen molar-refractivity contribution in [1.82, 2.24) is 14.9 Å². The fraction of sp³-hybridized carbons (Fsp3) is 0.500. The molecule has 1 amide bonds. The Labute approximate surface area is 187 Å². The molecule has 0 aliphatic carbocycles. The molecule has 10 heteroatoms. The van der Waals surface area contributed by atoms with Crippen LogP contribution in [-0.4, -0.2) is 67.2 Å². The highest BCUT2D eigenvalue weighted by molar-refractivity contribution is 7.90. The molecule has 3 heterocycles. The van der Waals surface area contributed by atoms with E-state index in [1.165, 1.54) is 12.1 Å². The number of carbonyl (C=O) groups is 1. The number of aromatic nitrogens is 2. The van der Waals surface area contributed by atoms with E-state index < -0.39 is 21.7 Å². The van der Waals surface area contributed by atoms with E-state index in [4.69, 9.17) is 0 Å². The molecule has 0 bridgehead atoms. The average Bonchev–Trinajstić information content (AvgIpc) is 3.14. The zero-order chi connectivity index (χ0) is 22.9. The Hall–Kier alpha value is -2.75. The van der Waals surface area contributed by atoms with Crippen molar-refractivity contribution in [2.75, 3.05) is 36.1 Å². The van der Waals surface area contributed by atoms with Crippen molar-refractivity contribution >= 4 is 27.4 Å². The number of rotatable bonds is 6. The van der Waals surface area contributed by atoms with Gasteiger partial charge >= 0.3 is 0 Å². The van der Waals surface area contributed by atoms with Gasteiger partial charge in [-0.3, -0.25) is 4.79 Å². The van der Waals surface area contributed by atoms with Crippen molar-refractivity contribution in [3.8, 4) is 0 Å². The number of amides is 1. The van der Waals surface area contributed by atoms with E-state index in [0.29, 0.717) is 13.0 Å². The summed E-state index contributed by atoms with van der Waals surface area (Å²) in [7, 11) is -3.49. The fourth-order valence-corrected chi connectivity index (χ4v) is 4.93. The minimum absolute atomic E-state index is 0.0430. The predicted octanol–water partition coefficient (Wildman–Crippen LogP) is 2.26. The number of nitrogens with zero attached hydrogens (tertiary/aromatic N) is 4. The van der Waals surface area contributed by atoms with Gasteiger partial charge in [0.05, 0.1) is 10.6 Å². The lowest BCUT2D eigenvalue weighted by atomic mass is 10.0. The lowest BCUT2D eigenvalue weighted by Gasteiger charge is -2.36. The molecule has 4 rings (SSSR count). The zero-order valence-corrected chi connectivity index (χ0v) is 19.1. The smallest absolute Gasteiger partial charge is 0.245 e. The van der Waals surface area contributed by atoms with Crippen LogP contribution in [0.5, 0.6) is 0 Å². The monoisotopic (exact) mass is 461 g/mol. The summed E-state index contributed by atoms with van der Waals surface area (Å²) in [6.07, 6.45) is 7.88. The SMILES string of the molecule is CCc1cnc(N2CCC(N3CC[C@H](Nc4ccc(S(C)(=O)=O)cc4F)C3=O)CC2)nc1. The van der Waals surface area contributed by atoms with E-state index in [2.05, 4.69) is 27.1 Å². The number of hydrogen-bond donors (Lipinski definition) is 1. The van der Waals surface area contributed by atoms with Crippen molar-refractivity contribution in [3.05, 3.63) is 42.0 Å². The van der Waals surface area contributed by atoms with Gasteiger partial charge in [-0.1, -0.05) is 6.92 Å². The van der Waals surface area contributed by atoms with Crippen LogP contribution in [0.1, 0.15) is 31.7 Å². The maximum atomic E-state index is 14.4. The summed E-state index contributed by atoms with van der Waals surface area (Å²) < 4.78 is 37.6. The quantitative estimate of drug-likeness (QED) is 0.705. The first kappa shape index (κ1) is 22.4. The standard InChI is InChI=1S/C22H28FN5O3S/c1-3-15-13-24-22(25-14-15)27-9-6-16(7-10-27)28-11-8-20(21(28)29)26-19-5-4-17(12-18(19)23)32(2,30)31/h4-5,12-14,16,20,26H,3,6-11H2,1-2H3/t20-/m0/s1. The molecule has 0 unspecified atom stereocenters. The van der Waals surface area contributed by atoms with Crippen LogP contribution < -0.4 is 10.2 Å². The van der Waals surface area contributed by atoms with Crippen molar-refractivity contribution in [2.45, 2.75) is 49.6 Å². The molecule has 1 aromatic carbocycles. The predicted molar refractivity (Wildman–Crippen MR) is 120 cm³/mol. The Morgan fingerprint density at radius 1 is 1.12 bits per heavy atom. The van der Waals surface area contributed by atoms with Crippen LogP contribution in [-0.2, 0) is 21.1 Å². The van der Waals surface area contributed by atoms with Gasteiger partial charge in [-0.05, 0) is 49.4 Å². The molecule has 2 aliphatic rings. The summed E-state index contributed by atoms with van der Waals surface area (Å²) in [5.41, 5.74) is 1.24. The Kier molecular flexibility index (Phi) is 6.32. The minimum Gasteiger partial charge on any atom is -0.371 e. The van der Waals surface area contributed by atoms with Crippen LogP contribution in [0.3, 0.4) is 0 Å². The van der Waals surface area contributed by atoms with Crippen molar-refractivity contribution in [1.29, 1.82) is 0 Å². The Morgan fingerprint density at radius 3 is 2.41 bits per heavy atom. The van der Waals surface area contributed by atoms with Gasteiger partial charge in [0.1, 0.15) is 11.9 Å². The first-order valence-electron chi connectivity index (χ1n) is 10.9. The maximum Gasteiger partial charge on any atom is 0.245 e. The van der Waals surface area contributed by atoms with Gasteiger partial charge in [-0.25, -0.2) is 22.8 Å². The number of benzene rings is 1. The van der Waals surface area contributed by atoms with Gasteiger partial charge in [-0.15, -0.1) is 0 Å². The van der Waals surface area contributed by atoms with E-state index in [1.807, 2.05) is 17.3 Å². The molecule has 2 saturated heterocycles. The molecule has 172 valence electrons. The average molecular weight is 462 g/mol. The molecular weight excluding hydrogens is 433 g/mol. The van der Waals surface area contributed by atoms with Crippen LogP contribution in [0.25, 0.3) is 0 Å². The molecule has 8 nitrogen and oxygen atoms in total. The van der Waals surface area contributed by atoms with Crippen LogP contribution in [0.15, 0.2) is 35.5 Å². The van der Waals surface area contributed by atoms with Crippen molar-refractivity contribution in [3.63, 3.8) is 0 Å². The Balaban J connectivity index is 1.35. The van der Waals surface area contributed by atoms with Crippen LogP contribution in [0, 0.1) is 5.82 Å². The van der Waals surface area contributed by atoms with Gasteiger partial charge < -0.3 is 15.1 Å². The lowest BCUT2D eigenvalue weighted by Crippen LogP contribution is -2.47. The highest BCUT2D eigenvalue weighted by Crippen LogP contribution is 2.27. The highest BCUT2D eigenvalue weighted by Gasteiger charge is 2.37.